The Labute approximate surface area is 244 Å². The molecule has 5 aromatic rings. The van der Waals surface area contributed by atoms with Gasteiger partial charge in [0.15, 0.2) is 5.82 Å². The molecule has 0 bridgehead atoms. The van der Waals surface area contributed by atoms with Gasteiger partial charge in [0.1, 0.15) is 18.1 Å². The average molecular weight is 566 g/mol. The zero-order valence-corrected chi connectivity index (χ0v) is 24.4. The molecule has 0 fully saturated rings. The van der Waals surface area contributed by atoms with E-state index in [4.69, 9.17) is 26.1 Å². The molecule has 208 valence electrons. The number of rotatable bonds is 9. The lowest BCUT2D eigenvalue weighted by Gasteiger charge is -2.18. The zero-order chi connectivity index (χ0) is 28.9. The van der Waals surface area contributed by atoms with Crippen LogP contribution >= 0.6 is 11.6 Å². The second-order valence-electron chi connectivity index (χ2n) is 10.1. The molecule has 7 heteroatoms. The van der Waals surface area contributed by atoms with E-state index in [1.165, 1.54) is 4.68 Å². The average Bonchev–Trinajstić information content (AvgIpc) is 2.97. The lowest BCUT2D eigenvalue weighted by Crippen LogP contribution is -2.20. The van der Waals surface area contributed by atoms with Crippen LogP contribution in [0.5, 0.6) is 11.5 Å². The SMILES string of the molecule is CCOc1cc(C)c(-c2nc3ccccc3c(=O)n2N=Cc2ccc(OCc3ccccc3)c(Cl)c2)cc1C(C)C. The van der Waals surface area contributed by atoms with Crippen LogP contribution in [0.15, 0.2) is 94.8 Å². The minimum Gasteiger partial charge on any atom is -0.494 e. The van der Waals surface area contributed by atoms with Gasteiger partial charge in [-0.25, -0.2) is 4.98 Å². The fourth-order valence-corrected chi connectivity index (χ4v) is 4.89. The van der Waals surface area contributed by atoms with Crippen molar-refractivity contribution in [2.24, 2.45) is 5.10 Å². The van der Waals surface area contributed by atoms with Crippen molar-refractivity contribution in [3.63, 3.8) is 0 Å². The number of halogens is 1. The lowest BCUT2D eigenvalue weighted by molar-refractivity contribution is 0.306. The van der Waals surface area contributed by atoms with Crippen molar-refractivity contribution in [3.8, 4) is 22.9 Å². The first-order chi connectivity index (χ1) is 19.9. The molecule has 1 aromatic heterocycles. The molecule has 0 saturated heterocycles. The molecule has 41 heavy (non-hydrogen) atoms. The second kappa shape index (κ2) is 12.4. The third-order valence-corrected chi connectivity index (χ3v) is 7.08. The smallest absolute Gasteiger partial charge is 0.282 e. The van der Waals surface area contributed by atoms with Crippen LogP contribution < -0.4 is 15.0 Å². The summed E-state index contributed by atoms with van der Waals surface area (Å²) in [6.45, 7) is 9.18. The normalized spacial score (nSPS) is 11.5. The number of benzene rings is 4. The van der Waals surface area contributed by atoms with Crippen molar-refractivity contribution in [3.05, 3.63) is 123 Å². The standard InChI is InChI=1S/C34H32ClN3O3/c1-5-40-32-17-23(4)28(19-27(32)22(2)3)33-37-30-14-10-9-13-26(30)34(39)38(33)36-20-25-15-16-31(29(35)18-25)41-21-24-11-7-6-8-12-24/h6-20,22H,5,21H2,1-4H3. The predicted molar refractivity (Wildman–Crippen MR) is 167 cm³/mol. The molecule has 1 heterocycles. The Morgan fingerprint density at radius 1 is 0.951 bits per heavy atom. The minimum absolute atomic E-state index is 0.213. The topological polar surface area (TPSA) is 65.7 Å². The van der Waals surface area contributed by atoms with Gasteiger partial charge in [0.2, 0.25) is 0 Å². The molecule has 0 unspecified atom stereocenters. The molecule has 0 saturated carbocycles. The first kappa shape index (κ1) is 28.1. The predicted octanol–water partition coefficient (Wildman–Crippen LogP) is 8.01. The number of ether oxygens (including phenoxy) is 2. The molecule has 6 nitrogen and oxygen atoms in total. The first-order valence-electron chi connectivity index (χ1n) is 13.7. The first-order valence-corrected chi connectivity index (χ1v) is 14.0. The van der Waals surface area contributed by atoms with Gasteiger partial charge in [-0.05, 0) is 84.5 Å². The van der Waals surface area contributed by atoms with E-state index in [0.717, 1.165) is 33.6 Å². The van der Waals surface area contributed by atoms with Gasteiger partial charge in [0.05, 0.1) is 28.7 Å². The van der Waals surface area contributed by atoms with Crippen LogP contribution in [0, 0.1) is 6.92 Å². The van der Waals surface area contributed by atoms with Crippen molar-refractivity contribution < 1.29 is 9.47 Å². The highest BCUT2D eigenvalue weighted by Gasteiger charge is 2.18. The molecule has 0 atom stereocenters. The van der Waals surface area contributed by atoms with E-state index < -0.39 is 0 Å². The van der Waals surface area contributed by atoms with E-state index in [1.54, 1.807) is 24.4 Å². The quantitative estimate of drug-likeness (QED) is 0.170. The van der Waals surface area contributed by atoms with Crippen molar-refractivity contribution in [2.45, 2.75) is 40.2 Å². The van der Waals surface area contributed by atoms with Crippen molar-refractivity contribution >= 4 is 28.7 Å². The molecule has 5 rings (SSSR count). The van der Waals surface area contributed by atoms with Gasteiger partial charge in [-0.3, -0.25) is 4.79 Å². The maximum atomic E-state index is 13.7. The Morgan fingerprint density at radius 2 is 1.71 bits per heavy atom. The van der Waals surface area contributed by atoms with Crippen LogP contribution in [0.1, 0.15) is 48.9 Å². The molecular formula is C34H32ClN3O3. The molecular weight excluding hydrogens is 534 g/mol. The van der Waals surface area contributed by atoms with Crippen LogP contribution in [0.4, 0.5) is 0 Å². The number of fused-ring (bicyclic) bond motifs is 1. The van der Waals surface area contributed by atoms with Gasteiger partial charge in [-0.2, -0.15) is 9.78 Å². The number of para-hydroxylation sites is 1. The Morgan fingerprint density at radius 3 is 2.44 bits per heavy atom. The summed E-state index contributed by atoms with van der Waals surface area (Å²) < 4.78 is 13.2. The monoisotopic (exact) mass is 565 g/mol. The molecule has 4 aromatic carbocycles. The summed E-state index contributed by atoms with van der Waals surface area (Å²) in [5.41, 5.74) is 4.93. The van der Waals surface area contributed by atoms with Crippen LogP contribution in [-0.2, 0) is 6.61 Å². The van der Waals surface area contributed by atoms with Crippen molar-refractivity contribution in [1.82, 2.24) is 9.66 Å². The summed E-state index contributed by atoms with van der Waals surface area (Å²) >= 11 is 6.54. The number of aromatic nitrogens is 2. The summed E-state index contributed by atoms with van der Waals surface area (Å²) in [7, 11) is 0. The van der Waals surface area contributed by atoms with E-state index in [1.807, 2.05) is 74.5 Å². The highest BCUT2D eigenvalue weighted by molar-refractivity contribution is 6.32. The highest BCUT2D eigenvalue weighted by Crippen LogP contribution is 2.34. The van der Waals surface area contributed by atoms with Crippen molar-refractivity contribution in [1.29, 1.82) is 0 Å². The maximum absolute atomic E-state index is 13.7. The van der Waals surface area contributed by atoms with Gasteiger partial charge in [0.25, 0.3) is 5.56 Å². The zero-order valence-electron chi connectivity index (χ0n) is 23.6. The van der Waals surface area contributed by atoms with Crippen LogP contribution in [0.2, 0.25) is 5.02 Å². The van der Waals surface area contributed by atoms with Crippen LogP contribution in [0.3, 0.4) is 0 Å². The number of hydrogen-bond donors (Lipinski definition) is 0. The van der Waals surface area contributed by atoms with Gasteiger partial charge in [-0.1, -0.05) is 67.9 Å². The fourth-order valence-electron chi connectivity index (χ4n) is 4.65. The van der Waals surface area contributed by atoms with E-state index in [9.17, 15) is 4.79 Å². The Hall–Kier alpha value is -4.42. The summed E-state index contributed by atoms with van der Waals surface area (Å²) in [4.78, 5) is 18.6. The van der Waals surface area contributed by atoms with Gasteiger partial charge >= 0.3 is 0 Å². The number of hydrogen-bond acceptors (Lipinski definition) is 5. The van der Waals surface area contributed by atoms with E-state index in [2.05, 4.69) is 25.0 Å². The molecule has 0 spiro atoms. The fraction of sp³-hybridized carbons (Fsp3) is 0.206. The summed E-state index contributed by atoms with van der Waals surface area (Å²) in [5, 5.41) is 5.57. The highest BCUT2D eigenvalue weighted by atomic mass is 35.5. The maximum Gasteiger partial charge on any atom is 0.282 e. The Kier molecular flexibility index (Phi) is 8.50. The minimum atomic E-state index is -0.254. The Balaban J connectivity index is 1.55. The second-order valence-corrected chi connectivity index (χ2v) is 10.5. The molecule has 0 aliphatic carbocycles. The lowest BCUT2D eigenvalue weighted by atomic mass is 9.96. The summed E-state index contributed by atoms with van der Waals surface area (Å²) in [6, 6.07) is 26.7. The van der Waals surface area contributed by atoms with Gasteiger partial charge < -0.3 is 9.47 Å². The van der Waals surface area contributed by atoms with E-state index in [0.29, 0.717) is 40.7 Å². The molecule has 0 aliphatic rings. The van der Waals surface area contributed by atoms with Crippen LogP contribution in [0.25, 0.3) is 22.3 Å². The summed E-state index contributed by atoms with van der Waals surface area (Å²) in [6.07, 6.45) is 1.61. The Bertz CT molecular complexity index is 1780. The number of nitrogens with zero attached hydrogens (tertiary/aromatic N) is 3. The molecule has 0 radical (unpaired) electrons. The van der Waals surface area contributed by atoms with Gasteiger partial charge in [-0.15, -0.1) is 0 Å². The number of aryl methyl sites for hydroxylation is 1. The van der Waals surface area contributed by atoms with Crippen molar-refractivity contribution in [2.75, 3.05) is 6.61 Å². The molecule has 0 aliphatic heterocycles. The third kappa shape index (κ3) is 6.18. The van der Waals surface area contributed by atoms with E-state index >= 15 is 0 Å². The van der Waals surface area contributed by atoms with Crippen LogP contribution in [-0.4, -0.2) is 22.5 Å². The molecule has 0 amide bonds. The summed E-state index contributed by atoms with van der Waals surface area (Å²) in [5.74, 6) is 2.08. The van der Waals surface area contributed by atoms with E-state index in [-0.39, 0.29) is 11.5 Å². The van der Waals surface area contributed by atoms with Gasteiger partial charge in [0, 0.05) is 5.56 Å². The third-order valence-electron chi connectivity index (χ3n) is 6.79. The molecule has 0 N–H and O–H groups in total. The largest absolute Gasteiger partial charge is 0.494 e.